The van der Waals surface area contributed by atoms with Crippen LogP contribution in [0.4, 0.5) is 5.69 Å². The highest BCUT2D eigenvalue weighted by Crippen LogP contribution is 2.34. The van der Waals surface area contributed by atoms with Crippen LogP contribution in [0.25, 0.3) is 0 Å². The summed E-state index contributed by atoms with van der Waals surface area (Å²) in [6.07, 6.45) is 9.17. The average molecular weight is 342 g/mol. The van der Waals surface area contributed by atoms with Crippen LogP contribution in [0.2, 0.25) is 0 Å². The van der Waals surface area contributed by atoms with Crippen LogP contribution in [0.15, 0.2) is 54.3 Å². The van der Waals surface area contributed by atoms with E-state index in [2.05, 4.69) is 0 Å². The number of rotatable bonds is 4. The lowest BCUT2D eigenvalue weighted by atomic mass is 9.91. The van der Waals surface area contributed by atoms with Crippen molar-refractivity contribution in [1.82, 2.24) is 4.90 Å². The summed E-state index contributed by atoms with van der Waals surface area (Å²) in [5.74, 6) is -2.49. The number of carboxylic acid groups (broad SMARTS) is 1. The van der Waals surface area contributed by atoms with Gasteiger partial charge in [-0.1, -0.05) is 24.3 Å². The van der Waals surface area contributed by atoms with E-state index in [1.807, 2.05) is 36.3 Å². The Morgan fingerprint density at radius 2 is 2.00 bits per heavy atom. The zero-order valence-electron chi connectivity index (χ0n) is 13.2. The smallest absolute Gasteiger partial charge is 0.341 e. The molecule has 1 N–H and O–H groups in total. The summed E-state index contributed by atoms with van der Waals surface area (Å²) in [5.41, 5.74) is -0.452. The lowest BCUT2D eigenvalue weighted by Gasteiger charge is -2.23. The molecule has 0 amide bonds. The number of nitro benzene ring substituents is 1. The number of benzene rings is 1. The molecule has 1 aromatic carbocycles. The largest absolute Gasteiger partial charge is 0.478 e. The first kappa shape index (κ1) is 16.4. The first-order chi connectivity index (χ1) is 11.9. The van der Waals surface area contributed by atoms with Gasteiger partial charge in [-0.2, -0.15) is 0 Å². The molecule has 8 heteroatoms. The predicted octanol–water partition coefficient (Wildman–Crippen LogP) is 2.14. The molecule has 1 aromatic rings. The fraction of sp³-hybridized carbons (Fsp3) is 0.176. The van der Waals surface area contributed by atoms with Crippen molar-refractivity contribution in [2.75, 3.05) is 7.05 Å². The van der Waals surface area contributed by atoms with E-state index in [0.717, 1.165) is 18.2 Å². The number of fused-ring (bicyclic) bond motifs is 1. The summed E-state index contributed by atoms with van der Waals surface area (Å²) in [7, 11) is 1.82. The van der Waals surface area contributed by atoms with Gasteiger partial charge in [0.1, 0.15) is 0 Å². The number of nitro groups is 1. The van der Waals surface area contributed by atoms with E-state index < -0.39 is 22.5 Å². The molecule has 25 heavy (non-hydrogen) atoms. The highest BCUT2D eigenvalue weighted by atomic mass is 16.6. The zero-order valence-corrected chi connectivity index (χ0v) is 13.2. The highest BCUT2D eigenvalue weighted by molar-refractivity contribution is 5.93. The number of likely N-dealkylation sites (N-methyl/N-ethyl adjacent to an activating group) is 1. The number of hydrogen-bond acceptors (Lipinski definition) is 6. The van der Waals surface area contributed by atoms with E-state index in [9.17, 15) is 19.7 Å². The molecule has 1 heterocycles. The maximum Gasteiger partial charge on any atom is 0.341 e. The number of allylic oxidation sites excluding steroid dienone is 2. The summed E-state index contributed by atoms with van der Waals surface area (Å²) >= 11 is 0. The third-order valence-electron chi connectivity index (χ3n) is 4.12. The topological polar surface area (TPSA) is 110 Å². The van der Waals surface area contributed by atoms with Gasteiger partial charge in [0.2, 0.25) is 5.75 Å². The Labute approximate surface area is 142 Å². The van der Waals surface area contributed by atoms with Crippen molar-refractivity contribution < 1.29 is 24.4 Å². The Morgan fingerprint density at radius 3 is 2.68 bits per heavy atom. The molecule has 0 aromatic heterocycles. The van der Waals surface area contributed by atoms with Gasteiger partial charge in [0.15, 0.2) is 0 Å². The van der Waals surface area contributed by atoms with Crippen LogP contribution in [0, 0.1) is 16.0 Å². The number of nitrogens with zero attached hydrogens (tertiary/aromatic N) is 2. The van der Waals surface area contributed by atoms with Crippen LogP contribution in [0.3, 0.4) is 0 Å². The van der Waals surface area contributed by atoms with E-state index in [4.69, 9.17) is 9.84 Å². The van der Waals surface area contributed by atoms with Crippen LogP contribution >= 0.6 is 0 Å². The zero-order chi connectivity index (χ0) is 18.1. The second kappa shape index (κ2) is 6.23. The molecule has 1 aliphatic heterocycles. The van der Waals surface area contributed by atoms with Crippen molar-refractivity contribution >= 4 is 17.6 Å². The molecule has 1 aliphatic carbocycles. The molecule has 2 atom stereocenters. The van der Waals surface area contributed by atoms with Crippen LogP contribution in [-0.4, -0.2) is 40.0 Å². The Bertz CT molecular complexity index is 855. The highest BCUT2D eigenvalue weighted by Gasteiger charge is 2.36. The van der Waals surface area contributed by atoms with Gasteiger partial charge in [-0.3, -0.25) is 10.1 Å². The number of carboxylic acids is 1. The monoisotopic (exact) mass is 342 g/mol. The quantitative estimate of drug-likeness (QED) is 0.386. The summed E-state index contributed by atoms with van der Waals surface area (Å²) in [6, 6.07) is 3.13. The minimum absolute atomic E-state index is 0.00285. The SMILES string of the molecule is CN1C=C(C(=O)Oc2ccc(C(=O)O)cc2[N+](=O)[O-])C2C=CC=CC21. The van der Waals surface area contributed by atoms with E-state index >= 15 is 0 Å². The molecule has 0 spiro atoms. The van der Waals surface area contributed by atoms with Crippen molar-refractivity contribution in [2.24, 2.45) is 5.92 Å². The van der Waals surface area contributed by atoms with Crippen molar-refractivity contribution in [3.8, 4) is 5.75 Å². The van der Waals surface area contributed by atoms with Crippen LogP contribution < -0.4 is 4.74 Å². The van der Waals surface area contributed by atoms with E-state index in [-0.39, 0.29) is 23.3 Å². The standard InChI is InChI=1S/C17H14N2O6/c1-18-9-12(11-4-2-3-5-13(11)18)17(22)25-15-7-6-10(16(20)21)8-14(15)19(23)24/h2-9,11,13H,1H3,(H,20,21). The molecule has 0 saturated heterocycles. The van der Waals surface area contributed by atoms with Crippen molar-refractivity contribution in [3.05, 3.63) is 70.0 Å². The molecular formula is C17H14N2O6. The second-order valence-electron chi connectivity index (χ2n) is 5.67. The van der Waals surface area contributed by atoms with Crippen LogP contribution in [0.5, 0.6) is 5.75 Å². The van der Waals surface area contributed by atoms with Gasteiger partial charge in [-0.15, -0.1) is 0 Å². The normalized spacial score (nSPS) is 20.8. The molecular weight excluding hydrogens is 328 g/mol. The molecule has 128 valence electrons. The number of hydrogen-bond donors (Lipinski definition) is 1. The van der Waals surface area contributed by atoms with Gasteiger partial charge < -0.3 is 14.7 Å². The van der Waals surface area contributed by atoms with Crippen molar-refractivity contribution in [3.63, 3.8) is 0 Å². The van der Waals surface area contributed by atoms with Gasteiger partial charge in [0.25, 0.3) is 0 Å². The maximum absolute atomic E-state index is 12.5. The molecule has 2 unspecified atom stereocenters. The van der Waals surface area contributed by atoms with Gasteiger partial charge in [0, 0.05) is 25.2 Å². The summed E-state index contributed by atoms with van der Waals surface area (Å²) in [5, 5.41) is 20.1. The number of carbonyl (C=O) groups is 2. The minimum atomic E-state index is -1.30. The molecule has 0 radical (unpaired) electrons. The van der Waals surface area contributed by atoms with Gasteiger partial charge in [-0.25, -0.2) is 9.59 Å². The lowest BCUT2D eigenvalue weighted by Crippen LogP contribution is -2.28. The average Bonchev–Trinajstić information content (AvgIpc) is 2.92. The maximum atomic E-state index is 12.5. The van der Waals surface area contributed by atoms with Gasteiger partial charge in [0.05, 0.1) is 22.1 Å². The van der Waals surface area contributed by atoms with Crippen LogP contribution in [-0.2, 0) is 4.79 Å². The fourth-order valence-electron chi connectivity index (χ4n) is 2.89. The summed E-state index contributed by atoms with van der Waals surface area (Å²) < 4.78 is 5.20. The lowest BCUT2D eigenvalue weighted by molar-refractivity contribution is -0.385. The van der Waals surface area contributed by atoms with E-state index in [1.165, 1.54) is 0 Å². The summed E-state index contributed by atoms with van der Waals surface area (Å²) in [6.45, 7) is 0. The van der Waals surface area contributed by atoms with E-state index in [1.54, 1.807) is 6.20 Å². The fourth-order valence-corrected chi connectivity index (χ4v) is 2.89. The van der Waals surface area contributed by atoms with Crippen molar-refractivity contribution in [2.45, 2.75) is 6.04 Å². The second-order valence-corrected chi connectivity index (χ2v) is 5.67. The Morgan fingerprint density at radius 1 is 1.28 bits per heavy atom. The predicted molar refractivity (Wildman–Crippen MR) is 87.1 cm³/mol. The molecule has 8 nitrogen and oxygen atoms in total. The number of carbonyl (C=O) groups excluding carboxylic acids is 1. The number of ether oxygens (including phenoxy) is 1. The number of esters is 1. The molecule has 0 fully saturated rings. The van der Waals surface area contributed by atoms with E-state index in [0.29, 0.717) is 5.57 Å². The third kappa shape index (κ3) is 3.01. The minimum Gasteiger partial charge on any atom is -0.478 e. The van der Waals surface area contributed by atoms with Gasteiger partial charge >= 0.3 is 17.6 Å². The molecule has 2 aliphatic rings. The van der Waals surface area contributed by atoms with Gasteiger partial charge in [-0.05, 0) is 12.1 Å². The Kier molecular flexibility index (Phi) is 4.10. The number of aromatic carboxylic acids is 1. The summed E-state index contributed by atoms with van der Waals surface area (Å²) in [4.78, 5) is 35.7. The third-order valence-corrected chi connectivity index (χ3v) is 4.12. The van der Waals surface area contributed by atoms with Crippen molar-refractivity contribution in [1.29, 1.82) is 0 Å². The Balaban J connectivity index is 1.87. The molecule has 0 saturated carbocycles. The first-order valence-corrected chi connectivity index (χ1v) is 7.41. The van der Waals surface area contributed by atoms with Crippen LogP contribution in [0.1, 0.15) is 10.4 Å². The first-order valence-electron chi connectivity index (χ1n) is 7.41. The Hall–Kier alpha value is -3.42. The molecule has 0 bridgehead atoms. The molecule has 3 rings (SSSR count).